The number of ether oxygens (including phenoxy) is 1. The van der Waals surface area contributed by atoms with Gasteiger partial charge in [0.1, 0.15) is 11.8 Å². The summed E-state index contributed by atoms with van der Waals surface area (Å²) in [6.07, 6.45) is 0.591. The number of hydrogen-bond donors (Lipinski definition) is 1. The highest BCUT2D eigenvalue weighted by Gasteiger charge is 2.34. The molecule has 0 unspecified atom stereocenters. The molecule has 124 valence electrons. The fourth-order valence-corrected chi connectivity index (χ4v) is 2.86. The molecule has 1 N–H and O–H groups in total. The van der Waals surface area contributed by atoms with E-state index in [0.717, 1.165) is 11.3 Å². The summed E-state index contributed by atoms with van der Waals surface area (Å²) >= 11 is 0. The van der Waals surface area contributed by atoms with Crippen LogP contribution in [0.25, 0.3) is 0 Å². The van der Waals surface area contributed by atoms with E-state index in [9.17, 15) is 9.59 Å². The number of nitrogens with zero attached hydrogens (tertiary/aromatic N) is 1. The molecule has 5 nitrogen and oxygen atoms in total. The van der Waals surface area contributed by atoms with Crippen molar-refractivity contribution in [2.24, 2.45) is 0 Å². The van der Waals surface area contributed by atoms with E-state index in [4.69, 9.17) is 4.74 Å². The SMILES string of the molecule is COc1ccccc1C(=O)N[C@@H]1CCN(c2ccc(C)cc2)C1=O. The zero-order valence-electron chi connectivity index (χ0n) is 13.8. The maximum atomic E-state index is 12.6. The van der Waals surface area contributed by atoms with E-state index in [1.165, 1.54) is 7.11 Å². The average Bonchev–Trinajstić information content (AvgIpc) is 2.96. The van der Waals surface area contributed by atoms with Crippen LogP contribution in [0.3, 0.4) is 0 Å². The van der Waals surface area contributed by atoms with Gasteiger partial charge in [-0.1, -0.05) is 29.8 Å². The third kappa shape index (κ3) is 3.11. The predicted octanol–water partition coefficient (Wildman–Crippen LogP) is 2.54. The molecule has 1 saturated heterocycles. The van der Waals surface area contributed by atoms with E-state index in [-0.39, 0.29) is 11.8 Å². The minimum absolute atomic E-state index is 0.0814. The number of amides is 2. The topological polar surface area (TPSA) is 58.6 Å². The van der Waals surface area contributed by atoms with Crippen LogP contribution in [-0.4, -0.2) is 31.5 Å². The minimum Gasteiger partial charge on any atom is -0.496 e. The van der Waals surface area contributed by atoms with E-state index in [2.05, 4.69) is 5.32 Å². The Morgan fingerprint density at radius 1 is 1.17 bits per heavy atom. The first-order valence-corrected chi connectivity index (χ1v) is 7.92. The number of carbonyl (C=O) groups is 2. The Kier molecular flexibility index (Phi) is 4.51. The van der Waals surface area contributed by atoms with Crippen molar-refractivity contribution in [3.05, 3.63) is 59.7 Å². The Balaban J connectivity index is 1.71. The van der Waals surface area contributed by atoms with Gasteiger partial charge in [-0.2, -0.15) is 0 Å². The number of carbonyl (C=O) groups excluding carboxylic acids is 2. The molecular weight excluding hydrogens is 304 g/mol. The molecule has 5 heteroatoms. The van der Waals surface area contributed by atoms with Crippen molar-refractivity contribution in [2.75, 3.05) is 18.6 Å². The molecule has 0 saturated carbocycles. The lowest BCUT2D eigenvalue weighted by Gasteiger charge is -2.18. The summed E-state index contributed by atoms with van der Waals surface area (Å²) in [5.41, 5.74) is 2.44. The van der Waals surface area contributed by atoms with Crippen LogP contribution in [0.4, 0.5) is 5.69 Å². The zero-order chi connectivity index (χ0) is 17.1. The summed E-state index contributed by atoms with van der Waals surface area (Å²) in [4.78, 5) is 26.8. The van der Waals surface area contributed by atoms with Crippen molar-refractivity contribution in [1.29, 1.82) is 0 Å². The lowest BCUT2D eigenvalue weighted by atomic mass is 10.1. The van der Waals surface area contributed by atoms with Gasteiger partial charge in [0, 0.05) is 12.2 Å². The van der Waals surface area contributed by atoms with Gasteiger partial charge in [-0.15, -0.1) is 0 Å². The fraction of sp³-hybridized carbons (Fsp3) is 0.263. The Morgan fingerprint density at radius 3 is 2.58 bits per heavy atom. The molecule has 1 atom stereocenters. The molecule has 2 aromatic rings. The maximum Gasteiger partial charge on any atom is 0.255 e. The molecule has 2 aromatic carbocycles. The molecule has 0 bridgehead atoms. The number of aryl methyl sites for hydroxylation is 1. The summed E-state index contributed by atoms with van der Waals surface area (Å²) in [5.74, 6) is 0.120. The van der Waals surface area contributed by atoms with Gasteiger partial charge >= 0.3 is 0 Å². The first-order valence-electron chi connectivity index (χ1n) is 7.92. The van der Waals surface area contributed by atoms with E-state index in [1.54, 1.807) is 29.2 Å². The number of rotatable bonds is 4. The molecule has 0 aliphatic carbocycles. The van der Waals surface area contributed by atoms with E-state index < -0.39 is 6.04 Å². The van der Waals surface area contributed by atoms with Gasteiger partial charge in [0.15, 0.2) is 0 Å². The molecule has 0 aromatic heterocycles. The normalized spacial score (nSPS) is 17.0. The highest BCUT2D eigenvalue weighted by molar-refractivity contribution is 6.04. The Morgan fingerprint density at radius 2 is 1.88 bits per heavy atom. The molecule has 1 aliphatic rings. The summed E-state index contributed by atoms with van der Waals surface area (Å²) in [7, 11) is 1.52. The quantitative estimate of drug-likeness (QED) is 0.940. The molecule has 0 radical (unpaired) electrons. The van der Waals surface area contributed by atoms with Crippen LogP contribution >= 0.6 is 0 Å². The smallest absolute Gasteiger partial charge is 0.255 e. The lowest BCUT2D eigenvalue weighted by Crippen LogP contribution is -2.41. The third-order valence-corrected chi connectivity index (χ3v) is 4.21. The second-order valence-electron chi connectivity index (χ2n) is 5.84. The van der Waals surface area contributed by atoms with Crippen LogP contribution in [0.1, 0.15) is 22.3 Å². The highest BCUT2D eigenvalue weighted by Crippen LogP contribution is 2.23. The molecule has 3 rings (SSSR count). The third-order valence-electron chi connectivity index (χ3n) is 4.21. The average molecular weight is 324 g/mol. The van der Waals surface area contributed by atoms with Gasteiger partial charge in [0.2, 0.25) is 5.91 Å². The Bertz CT molecular complexity index is 755. The number of benzene rings is 2. The van der Waals surface area contributed by atoms with Crippen LogP contribution in [0.5, 0.6) is 5.75 Å². The van der Waals surface area contributed by atoms with Crippen molar-refractivity contribution in [1.82, 2.24) is 5.32 Å². The lowest BCUT2D eigenvalue weighted by molar-refractivity contribution is -0.118. The maximum absolute atomic E-state index is 12.6. The fourth-order valence-electron chi connectivity index (χ4n) is 2.86. The van der Waals surface area contributed by atoms with Crippen LogP contribution in [0, 0.1) is 6.92 Å². The van der Waals surface area contributed by atoms with Crippen LogP contribution in [0.2, 0.25) is 0 Å². The molecular formula is C19H20N2O3. The summed E-state index contributed by atoms with van der Waals surface area (Å²) in [6.45, 7) is 2.60. The van der Waals surface area contributed by atoms with Crippen molar-refractivity contribution < 1.29 is 14.3 Å². The van der Waals surface area contributed by atoms with Crippen LogP contribution < -0.4 is 15.0 Å². The molecule has 1 fully saturated rings. The summed E-state index contributed by atoms with van der Waals surface area (Å²) < 4.78 is 5.20. The zero-order valence-corrected chi connectivity index (χ0v) is 13.8. The minimum atomic E-state index is -0.510. The van der Waals surface area contributed by atoms with E-state index >= 15 is 0 Å². The van der Waals surface area contributed by atoms with Crippen LogP contribution in [-0.2, 0) is 4.79 Å². The van der Waals surface area contributed by atoms with Gasteiger partial charge in [0.25, 0.3) is 5.91 Å². The summed E-state index contributed by atoms with van der Waals surface area (Å²) in [6, 6.07) is 14.3. The van der Waals surface area contributed by atoms with Gasteiger partial charge in [-0.25, -0.2) is 0 Å². The first kappa shape index (κ1) is 16.1. The second kappa shape index (κ2) is 6.74. The molecule has 24 heavy (non-hydrogen) atoms. The number of hydrogen-bond acceptors (Lipinski definition) is 3. The molecule has 1 aliphatic heterocycles. The van der Waals surface area contributed by atoms with E-state index in [0.29, 0.717) is 24.3 Å². The van der Waals surface area contributed by atoms with Gasteiger partial charge in [-0.05, 0) is 37.6 Å². The number of methoxy groups -OCH3 is 1. The number of anilines is 1. The second-order valence-corrected chi connectivity index (χ2v) is 5.84. The Hall–Kier alpha value is -2.82. The molecule has 2 amide bonds. The van der Waals surface area contributed by atoms with Crippen molar-refractivity contribution in [3.63, 3.8) is 0 Å². The largest absolute Gasteiger partial charge is 0.496 e. The standard InChI is InChI=1S/C19H20N2O3/c1-13-7-9-14(10-8-13)21-12-11-16(19(21)23)20-18(22)15-5-3-4-6-17(15)24-2/h3-10,16H,11-12H2,1-2H3,(H,20,22)/t16-/m1/s1. The van der Waals surface area contributed by atoms with Gasteiger partial charge in [-0.3, -0.25) is 9.59 Å². The number of nitrogens with one attached hydrogen (secondary N) is 1. The van der Waals surface area contributed by atoms with E-state index in [1.807, 2.05) is 31.2 Å². The molecule has 1 heterocycles. The van der Waals surface area contributed by atoms with Crippen molar-refractivity contribution >= 4 is 17.5 Å². The predicted molar refractivity (Wildman–Crippen MR) is 92.4 cm³/mol. The monoisotopic (exact) mass is 324 g/mol. The van der Waals surface area contributed by atoms with Gasteiger partial charge in [0.05, 0.1) is 12.7 Å². The first-order chi connectivity index (χ1) is 11.6. The van der Waals surface area contributed by atoms with Crippen molar-refractivity contribution in [2.45, 2.75) is 19.4 Å². The van der Waals surface area contributed by atoms with Crippen LogP contribution in [0.15, 0.2) is 48.5 Å². The molecule has 0 spiro atoms. The van der Waals surface area contributed by atoms with Crippen molar-refractivity contribution in [3.8, 4) is 5.75 Å². The highest BCUT2D eigenvalue weighted by atomic mass is 16.5. The Labute approximate surface area is 141 Å². The summed E-state index contributed by atoms with van der Waals surface area (Å²) in [5, 5.41) is 2.82. The number of para-hydroxylation sites is 1. The van der Waals surface area contributed by atoms with Gasteiger partial charge < -0.3 is 15.0 Å².